The molecule has 1 aromatic carbocycles. The summed E-state index contributed by atoms with van der Waals surface area (Å²) in [5, 5.41) is 1.18. The summed E-state index contributed by atoms with van der Waals surface area (Å²) in [4.78, 5) is 0. The quantitative estimate of drug-likeness (QED) is 0.755. The maximum atomic E-state index is 5.78. The summed E-state index contributed by atoms with van der Waals surface area (Å²) in [5.74, 6) is 0.975. The van der Waals surface area contributed by atoms with Crippen LogP contribution in [0.3, 0.4) is 0 Å². The Morgan fingerprint density at radius 2 is 2.00 bits per heavy atom. The minimum Gasteiger partial charge on any atom is -0.493 e. The van der Waals surface area contributed by atoms with Crippen LogP contribution in [0.2, 0.25) is 0 Å². The summed E-state index contributed by atoms with van der Waals surface area (Å²) in [7, 11) is 0. The van der Waals surface area contributed by atoms with Crippen LogP contribution in [-0.4, -0.2) is 23.9 Å². The second kappa shape index (κ2) is 6.62. The van der Waals surface area contributed by atoms with Gasteiger partial charge in [0, 0.05) is 18.1 Å². The molecule has 0 fully saturated rings. The monoisotopic (exact) mass is 261 g/mol. The van der Waals surface area contributed by atoms with E-state index >= 15 is 0 Å². The largest absolute Gasteiger partial charge is 0.493 e. The van der Waals surface area contributed by atoms with E-state index in [2.05, 4.69) is 43.7 Å². The number of ether oxygens (including phenoxy) is 2. The molecule has 2 rings (SSSR count). The molecule has 0 atom stereocenters. The Morgan fingerprint density at radius 3 is 2.74 bits per heavy atom. The number of fused-ring (bicyclic) bond motifs is 1. The standard InChI is InChI=1S/C16H23NO2/c1-4-11-19-16-7-5-6-15-14(16)8-9-17(15)10-12-18-13(2)3/h5-9,13H,4,10-12H2,1-3H3. The van der Waals surface area contributed by atoms with Crippen molar-refractivity contribution in [1.82, 2.24) is 4.57 Å². The Morgan fingerprint density at radius 1 is 1.16 bits per heavy atom. The minimum atomic E-state index is 0.283. The second-order valence-corrected chi connectivity index (χ2v) is 4.97. The highest BCUT2D eigenvalue weighted by molar-refractivity contribution is 5.86. The number of hydrogen-bond donors (Lipinski definition) is 0. The van der Waals surface area contributed by atoms with E-state index in [1.165, 1.54) is 10.9 Å². The smallest absolute Gasteiger partial charge is 0.128 e. The average Bonchev–Trinajstić information content (AvgIpc) is 2.80. The van der Waals surface area contributed by atoms with Crippen molar-refractivity contribution in [2.24, 2.45) is 0 Å². The summed E-state index contributed by atoms with van der Waals surface area (Å²) >= 11 is 0. The Hall–Kier alpha value is -1.48. The lowest BCUT2D eigenvalue weighted by Crippen LogP contribution is -2.09. The van der Waals surface area contributed by atoms with Crippen LogP contribution < -0.4 is 4.74 Å². The molecule has 0 aliphatic rings. The van der Waals surface area contributed by atoms with Gasteiger partial charge in [-0.25, -0.2) is 0 Å². The van der Waals surface area contributed by atoms with Crippen molar-refractivity contribution in [3.8, 4) is 5.75 Å². The van der Waals surface area contributed by atoms with E-state index in [0.717, 1.165) is 31.9 Å². The zero-order valence-electron chi connectivity index (χ0n) is 12.1. The lowest BCUT2D eigenvalue weighted by atomic mass is 10.2. The Bertz CT molecular complexity index is 516. The van der Waals surface area contributed by atoms with Crippen LogP contribution >= 0.6 is 0 Å². The summed E-state index contributed by atoms with van der Waals surface area (Å²) in [5.41, 5.74) is 1.21. The molecule has 2 aromatic rings. The average molecular weight is 261 g/mol. The first kappa shape index (κ1) is 13.9. The van der Waals surface area contributed by atoms with Crippen molar-refractivity contribution in [2.75, 3.05) is 13.2 Å². The molecule has 3 heteroatoms. The molecule has 0 saturated carbocycles. The van der Waals surface area contributed by atoms with Crippen molar-refractivity contribution in [3.05, 3.63) is 30.5 Å². The Labute approximate surface area is 115 Å². The molecule has 0 bridgehead atoms. The Balaban J connectivity index is 2.13. The van der Waals surface area contributed by atoms with Gasteiger partial charge in [-0.3, -0.25) is 0 Å². The third kappa shape index (κ3) is 3.51. The molecule has 0 aliphatic carbocycles. The fourth-order valence-electron chi connectivity index (χ4n) is 2.11. The third-order valence-corrected chi connectivity index (χ3v) is 3.02. The van der Waals surface area contributed by atoms with Gasteiger partial charge < -0.3 is 14.0 Å². The van der Waals surface area contributed by atoms with Crippen LogP contribution in [0.4, 0.5) is 0 Å². The van der Waals surface area contributed by atoms with E-state index in [1.54, 1.807) is 0 Å². The lowest BCUT2D eigenvalue weighted by Gasteiger charge is -2.10. The van der Waals surface area contributed by atoms with Crippen LogP contribution in [-0.2, 0) is 11.3 Å². The second-order valence-electron chi connectivity index (χ2n) is 4.97. The molecular weight excluding hydrogens is 238 g/mol. The molecule has 0 N–H and O–H groups in total. The van der Waals surface area contributed by atoms with Gasteiger partial charge in [0.05, 0.1) is 24.8 Å². The van der Waals surface area contributed by atoms with Crippen molar-refractivity contribution in [3.63, 3.8) is 0 Å². The summed E-state index contributed by atoms with van der Waals surface area (Å²) < 4.78 is 13.6. The van der Waals surface area contributed by atoms with Crippen LogP contribution in [0.25, 0.3) is 10.9 Å². The molecule has 0 radical (unpaired) electrons. The van der Waals surface area contributed by atoms with E-state index in [9.17, 15) is 0 Å². The molecule has 0 amide bonds. The van der Waals surface area contributed by atoms with Gasteiger partial charge in [-0.2, -0.15) is 0 Å². The molecule has 19 heavy (non-hydrogen) atoms. The summed E-state index contributed by atoms with van der Waals surface area (Å²) in [6.07, 6.45) is 3.41. The van der Waals surface area contributed by atoms with Gasteiger partial charge in [0.15, 0.2) is 0 Å². The van der Waals surface area contributed by atoms with E-state index in [-0.39, 0.29) is 6.10 Å². The molecule has 104 valence electrons. The van der Waals surface area contributed by atoms with Crippen LogP contribution in [0.1, 0.15) is 27.2 Å². The lowest BCUT2D eigenvalue weighted by molar-refractivity contribution is 0.0733. The van der Waals surface area contributed by atoms with Crippen molar-refractivity contribution >= 4 is 10.9 Å². The summed E-state index contributed by atoms with van der Waals surface area (Å²) in [6, 6.07) is 8.33. The number of nitrogens with zero attached hydrogens (tertiary/aromatic N) is 1. The maximum absolute atomic E-state index is 5.78. The molecular formula is C16H23NO2. The number of benzene rings is 1. The fourth-order valence-corrected chi connectivity index (χ4v) is 2.11. The van der Waals surface area contributed by atoms with Gasteiger partial charge in [0.25, 0.3) is 0 Å². The molecule has 3 nitrogen and oxygen atoms in total. The minimum absolute atomic E-state index is 0.283. The van der Waals surface area contributed by atoms with E-state index in [1.807, 2.05) is 12.1 Å². The first-order chi connectivity index (χ1) is 9.22. The zero-order chi connectivity index (χ0) is 13.7. The van der Waals surface area contributed by atoms with Crippen molar-refractivity contribution in [2.45, 2.75) is 39.8 Å². The van der Waals surface area contributed by atoms with Gasteiger partial charge in [-0.1, -0.05) is 13.0 Å². The van der Waals surface area contributed by atoms with E-state index < -0.39 is 0 Å². The van der Waals surface area contributed by atoms with Gasteiger partial charge in [0.1, 0.15) is 5.75 Å². The maximum Gasteiger partial charge on any atom is 0.128 e. The number of hydrogen-bond acceptors (Lipinski definition) is 2. The zero-order valence-corrected chi connectivity index (χ0v) is 12.1. The molecule has 0 unspecified atom stereocenters. The highest BCUT2D eigenvalue weighted by Gasteiger charge is 2.06. The van der Waals surface area contributed by atoms with Crippen LogP contribution in [0, 0.1) is 0 Å². The molecule has 1 aromatic heterocycles. The van der Waals surface area contributed by atoms with Gasteiger partial charge >= 0.3 is 0 Å². The van der Waals surface area contributed by atoms with Crippen molar-refractivity contribution in [1.29, 1.82) is 0 Å². The number of aromatic nitrogens is 1. The van der Waals surface area contributed by atoms with Crippen LogP contribution in [0.15, 0.2) is 30.5 Å². The predicted octanol–water partition coefficient (Wildman–Crippen LogP) is 3.86. The van der Waals surface area contributed by atoms with Gasteiger partial charge in [-0.05, 0) is 38.5 Å². The topological polar surface area (TPSA) is 23.4 Å². The predicted molar refractivity (Wildman–Crippen MR) is 78.8 cm³/mol. The molecule has 0 saturated heterocycles. The fraction of sp³-hybridized carbons (Fsp3) is 0.500. The summed E-state index contributed by atoms with van der Waals surface area (Å²) in [6.45, 7) is 8.62. The normalized spacial score (nSPS) is 11.4. The first-order valence-corrected chi connectivity index (χ1v) is 7.04. The molecule has 1 heterocycles. The van der Waals surface area contributed by atoms with Crippen LogP contribution in [0.5, 0.6) is 5.75 Å². The van der Waals surface area contributed by atoms with Gasteiger partial charge in [-0.15, -0.1) is 0 Å². The molecule has 0 aliphatic heterocycles. The Kier molecular flexibility index (Phi) is 4.86. The van der Waals surface area contributed by atoms with Crippen molar-refractivity contribution < 1.29 is 9.47 Å². The van der Waals surface area contributed by atoms with Gasteiger partial charge in [0.2, 0.25) is 0 Å². The van der Waals surface area contributed by atoms with E-state index in [4.69, 9.17) is 9.47 Å². The van der Waals surface area contributed by atoms with E-state index in [0.29, 0.717) is 0 Å². The number of rotatable bonds is 7. The SMILES string of the molecule is CCCOc1cccc2c1ccn2CCOC(C)C. The molecule has 0 spiro atoms. The highest BCUT2D eigenvalue weighted by atomic mass is 16.5. The first-order valence-electron chi connectivity index (χ1n) is 7.04. The highest BCUT2D eigenvalue weighted by Crippen LogP contribution is 2.26. The third-order valence-electron chi connectivity index (χ3n) is 3.02.